The second-order valence-electron chi connectivity index (χ2n) is 8.58. The first-order chi connectivity index (χ1) is 14.4. The molecule has 0 radical (unpaired) electrons. The molecule has 0 aromatic heterocycles. The van der Waals surface area contributed by atoms with E-state index in [0.717, 1.165) is 23.1 Å². The number of nitrogens with one attached hydrogen (secondary N) is 2. The molecule has 0 spiro atoms. The maximum atomic E-state index is 12.6. The van der Waals surface area contributed by atoms with Gasteiger partial charge in [0.15, 0.2) is 0 Å². The van der Waals surface area contributed by atoms with Gasteiger partial charge in [-0.25, -0.2) is 13.6 Å². The highest BCUT2D eigenvalue weighted by molar-refractivity contribution is 7.89. The van der Waals surface area contributed by atoms with Gasteiger partial charge >= 0.3 is 0 Å². The van der Waals surface area contributed by atoms with E-state index in [9.17, 15) is 13.2 Å². The third-order valence-corrected chi connectivity index (χ3v) is 6.76. The average Bonchev–Trinajstić information content (AvgIpc) is 2.70. The number of sulfonamides is 1. The second-order valence-corrected chi connectivity index (χ2v) is 10.1. The lowest BCUT2D eigenvalue weighted by Gasteiger charge is -2.24. The van der Waals surface area contributed by atoms with Crippen LogP contribution in [0.25, 0.3) is 0 Å². The molecule has 7 heteroatoms. The maximum absolute atomic E-state index is 12.6. The van der Waals surface area contributed by atoms with E-state index in [1.54, 1.807) is 6.92 Å². The lowest BCUT2D eigenvalue weighted by Crippen LogP contribution is -2.33. The van der Waals surface area contributed by atoms with Gasteiger partial charge in [-0.2, -0.15) is 0 Å². The largest absolute Gasteiger partial charge is 0.325 e. The fraction of sp³-hybridized carbons (Fsp3) is 0.458. The van der Waals surface area contributed by atoms with Crippen molar-refractivity contribution in [1.29, 1.82) is 0 Å². The van der Waals surface area contributed by atoms with Gasteiger partial charge in [0.05, 0.1) is 11.4 Å². The van der Waals surface area contributed by atoms with Crippen LogP contribution in [0.3, 0.4) is 0 Å². The molecule has 6 nitrogen and oxygen atoms in total. The molecule has 0 saturated carbocycles. The Balaban J connectivity index is 2.12. The Hall–Kier alpha value is -2.22. The molecule has 0 bridgehead atoms. The third kappa shape index (κ3) is 6.63. The first-order valence-corrected chi connectivity index (χ1v) is 12.3. The van der Waals surface area contributed by atoms with Crippen LogP contribution in [0.15, 0.2) is 41.3 Å². The van der Waals surface area contributed by atoms with Crippen LogP contribution in [-0.4, -0.2) is 20.9 Å². The SMILES string of the molecule is CCC(C)c1ccc(C(NCC(=O)Nc2cc(S(N)(=O)=O)cc(C)c2C)C(C)C)cc1. The van der Waals surface area contributed by atoms with Crippen molar-refractivity contribution in [2.75, 3.05) is 11.9 Å². The molecule has 0 aliphatic heterocycles. The molecule has 2 aromatic rings. The van der Waals surface area contributed by atoms with Gasteiger partial charge in [-0.15, -0.1) is 0 Å². The van der Waals surface area contributed by atoms with Crippen LogP contribution in [0.2, 0.25) is 0 Å². The van der Waals surface area contributed by atoms with Crippen molar-refractivity contribution in [2.24, 2.45) is 11.1 Å². The van der Waals surface area contributed by atoms with E-state index >= 15 is 0 Å². The second kappa shape index (κ2) is 10.4. The topological polar surface area (TPSA) is 101 Å². The quantitative estimate of drug-likeness (QED) is 0.533. The Morgan fingerprint density at radius 2 is 1.61 bits per heavy atom. The molecule has 0 fully saturated rings. The monoisotopic (exact) mass is 445 g/mol. The minimum Gasteiger partial charge on any atom is -0.325 e. The molecule has 4 N–H and O–H groups in total. The van der Waals surface area contributed by atoms with Crippen LogP contribution in [0, 0.1) is 19.8 Å². The minimum absolute atomic E-state index is 0.0136. The number of nitrogens with two attached hydrogens (primary N) is 1. The summed E-state index contributed by atoms with van der Waals surface area (Å²) in [5.41, 5.74) is 4.46. The molecule has 170 valence electrons. The zero-order valence-corrected chi connectivity index (χ0v) is 20.1. The zero-order valence-electron chi connectivity index (χ0n) is 19.3. The van der Waals surface area contributed by atoms with E-state index in [1.807, 2.05) is 6.92 Å². The summed E-state index contributed by atoms with van der Waals surface area (Å²) >= 11 is 0. The molecule has 0 heterocycles. The van der Waals surface area contributed by atoms with E-state index in [4.69, 9.17) is 5.14 Å². The minimum atomic E-state index is -3.85. The third-order valence-electron chi connectivity index (χ3n) is 5.87. The van der Waals surface area contributed by atoms with Crippen LogP contribution >= 0.6 is 0 Å². The van der Waals surface area contributed by atoms with Gasteiger partial charge < -0.3 is 10.6 Å². The summed E-state index contributed by atoms with van der Waals surface area (Å²) in [7, 11) is -3.85. The normalized spacial score (nSPS) is 13.8. The molecule has 0 aliphatic carbocycles. The van der Waals surface area contributed by atoms with E-state index in [-0.39, 0.29) is 29.3 Å². The van der Waals surface area contributed by atoms with Gasteiger partial charge in [0, 0.05) is 11.7 Å². The Morgan fingerprint density at radius 3 is 2.13 bits per heavy atom. The van der Waals surface area contributed by atoms with Gasteiger partial charge in [0.2, 0.25) is 15.9 Å². The number of anilines is 1. The van der Waals surface area contributed by atoms with E-state index in [2.05, 4.69) is 62.6 Å². The summed E-state index contributed by atoms with van der Waals surface area (Å²) in [5, 5.41) is 11.4. The van der Waals surface area contributed by atoms with Crippen molar-refractivity contribution >= 4 is 21.6 Å². The molecule has 0 saturated heterocycles. The first kappa shape index (κ1) is 25.0. The van der Waals surface area contributed by atoms with E-state index in [0.29, 0.717) is 11.6 Å². The van der Waals surface area contributed by atoms with Crippen molar-refractivity contribution in [3.05, 3.63) is 58.7 Å². The molecule has 2 atom stereocenters. The summed E-state index contributed by atoms with van der Waals surface area (Å²) < 4.78 is 23.4. The highest BCUT2D eigenvalue weighted by Gasteiger charge is 2.18. The summed E-state index contributed by atoms with van der Waals surface area (Å²) in [6, 6.07) is 11.5. The molecule has 0 aliphatic rings. The van der Waals surface area contributed by atoms with Crippen molar-refractivity contribution < 1.29 is 13.2 Å². The van der Waals surface area contributed by atoms with Crippen LogP contribution in [0.1, 0.15) is 68.3 Å². The van der Waals surface area contributed by atoms with Crippen LogP contribution in [0.4, 0.5) is 5.69 Å². The van der Waals surface area contributed by atoms with Gasteiger partial charge in [-0.1, -0.05) is 52.0 Å². The number of primary sulfonamides is 1. The lowest BCUT2D eigenvalue weighted by molar-refractivity contribution is -0.115. The predicted molar refractivity (Wildman–Crippen MR) is 127 cm³/mol. The lowest BCUT2D eigenvalue weighted by atomic mass is 9.92. The van der Waals surface area contributed by atoms with Gasteiger partial charge in [-0.05, 0) is 66.5 Å². The number of hydrogen-bond donors (Lipinski definition) is 3. The molecule has 1 amide bonds. The number of carbonyl (C=O) groups is 1. The summed E-state index contributed by atoms with van der Waals surface area (Å²) in [4.78, 5) is 12.6. The number of aryl methyl sites for hydroxylation is 1. The van der Waals surface area contributed by atoms with Crippen LogP contribution in [-0.2, 0) is 14.8 Å². The molecule has 2 unspecified atom stereocenters. The number of benzene rings is 2. The van der Waals surface area contributed by atoms with Gasteiger partial charge in [0.1, 0.15) is 0 Å². The van der Waals surface area contributed by atoms with E-state index < -0.39 is 10.0 Å². The van der Waals surface area contributed by atoms with Crippen LogP contribution in [0.5, 0.6) is 0 Å². The Morgan fingerprint density at radius 1 is 1.03 bits per heavy atom. The van der Waals surface area contributed by atoms with Crippen LogP contribution < -0.4 is 15.8 Å². The molecule has 31 heavy (non-hydrogen) atoms. The zero-order chi connectivity index (χ0) is 23.3. The average molecular weight is 446 g/mol. The smallest absolute Gasteiger partial charge is 0.238 e. The van der Waals surface area contributed by atoms with Crippen molar-refractivity contribution in [2.45, 2.75) is 64.8 Å². The highest BCUT2D eigenvalue weighted by Crippen LogP contribution is 2.26. The van der Waals surface area contributed by atoms with Crippen molar-refractivity contribution in [1.82, 2.24) is 5.32 Å². The van der Waals surface area contributed by atoms with Crippen molar-refractivity contribution in [3.8, 4) is 0 Å². The Bertz CT molecular complexity index is 1020. The Labute approximate surface area is 186 Å². The Kier molecular flexibility index (Phi) is 8.40. The standard InChI is InChI=1S/C24H35N3O3S/c1-7-16(4)19-8-10-20(11-9-19)24(15(2)3)26-14-23(28)27-22-13-21(31(25,29)30)12-17(5)18(22)6/h8-13,15-16,24,26H,7,14H2,1-6H3,(H,27,28)(H2,25,29,30). The highest BCUT2D eigenvalue weighted by atomic mass is 32.2. The first-order valence-electron chi connectivity index (χ1n) is 10.7. The van der Waals surface area contributed by atoms with Gasteiger partial charge in [0.25, 0.3) is 0 Å². The number of carbonyl (C=O) groups excluding carboxylic acids is 1. The summed E-state index contributed by atoms with van der Waals surface area (Å²) in [6.07, 6.45) is 1.09. The maximum Gasteiger partial charge on any atom is 0.238 e. The molecular formula is C24H35N3O3S. The molecule has 2 rings (SSSR count). The fourth-order valence-electron chi connectivity index (χ4n) is 3.52. The predicted octanol–water partition coefficient (Wildman–Crippen LogP) is 4.39. The molecule has 2 aromatic carbocycles. The molecular weight excluding hydrogens is 410 g/mol. The number of amides is 1. The number of rotatable bonds is 9. The van der Waals surface area contributed by atoms with Gasteiger partial charge in [-0.3, -0.25) is 4.79 Å². The van der Waals surface area contributed by atoms with Crippen molar-refractivity contribution in [3.63, 3.8) is 0 Å². The number of hydrogen-bond acceptors (Lipinski definition) is 4. The van der Waals surface area contributed by atoms with E-state index in [1.165, 1.54) is 17.7 Å². The summed E-state index contributed by atoms with van der Waals surface area (Å²) in [5.74, 6) is 0.568. The summed E-state index contributed by atoms with van der Waals surface area (Å²) in [6.45, 7) is 12.3. The fourth-order valence-corrected chi connectivity index (χ4v) is 4.15.